The predicted octanol–water partition coefficient (Wildman–Crippen LogP) is 2.75. The van der Waals surface area contributed by atoms with Crippen LogP contribution in [0.15, 0.2) is 24.3 Å². The van der Waals surface area contributed by atoms with Crippen molar-refractivity contribution in [1.29, 1.82) is 0 Å². The van der Waals surface area contributed by atoms with Gasteiger partial charge in [-0.1, -0.05) is 12.1 Å². The molecule has 0 fully saturated rings. The second-order valence-electron chi connectivity index (χ2n) is 3.34. The van der Waals surface area contributed by atoms with Crippen LogP contribution < -0.4 is 4.74 Å². The number of rotatable bonds is 5. The van der Waals surface area contributed by atoms with Gasteiger partial charge in [0.2, 0.25) is 0 Å². The molecule has 0 N–H and O–H groups in total. The Morgan fingerprint density at radius 1 is 1.33 bits per heavy atom. The number of hydrogen-bond acceptors (Lipinski definition) is 3. The second kappa shape index (κ2) is 5.70. The molecule has 7 heteroatoms. The summed E-state index contributed by atoms with van der Waals surface area (Å²) in [6.07, 6.45) is -3.83. The Kier molecular flexibility index (Phi) is 4.52. The largest absolute Gasteiger partial charge is 0.486 e. The molecular formula is C11H10F4O3. The number of hydrogen-bond donors (Lipinski definition) is 0. The number of para-hydroxylation sites is 1. The molecule has 0 bridgehead atoms. The van der Waals surface area contributed by atoms with Crippen LogP contribution in [0.5, 0.6) is 5.75 Å². The zero-order valence-corrected chi connectivity index (χ0v) is 9.33. The van der Waals surface area contributed by atoms with E-state index in [2.05, 4.69) is 9.47 Å². The van der Waals surface area contributed by atoms with Crippen molar-refractivity contribution >= 4 is 5.97 Å². The van der Waals surface area contributed by atoms with Crippen LogP contribution in [0.3, 0.4) is 0 Å². The van der Waals surface area contributed by atoms with Gasteiger partial charge in [-0.15, -0.1) is 0 Å². The molecule has 0 heterocycles. The van der Waals surface area contributed by atoms with Crippen molar-refractivity contribution < 1.29 is 31.8 Å². The summed E-state index contributed by atoms with van der Waals surface area (Å²) in [5, 5.41) is 0. The van der Waals surface area contributed by atoms with Crippen LogP contribution in [0.1, 0.15) is 10.4 Å². The lowest BCUT2D eigenvalue weighted by molar-refractivity contribution is -0.148. The standard InChI is InChI=1S/C11H10F4O3/c1-17-9(16)7-4-2-3-5-8(7)18-6-11(14,15)10(12)13/h2-5,10H,6H2,1H3. The number of halogens is 4. The maximum atomic E-state index is 12.7. The van der Waals surface area contributed by atoms with E-state index in [1.165, 1.54) is 24.3 Å². The average Bonchev–Trinajstić information content (AvgIpc) is 2.35. The molecule has 0 spiro atoms. The highest BCUT2D eigenvalue weighted by Crippen LogP contribution is 2.26. The van der Waals surface area contributed by atoms with Gasteiger partial charge < -0.3 is 9.47 Å². The van der Waals surface area contributed by atoms with Crippen molar-refractivity contribution in [2.45, 2.75) is 12.3 Å². The van der Waals surface area contributed by atoms with Crippen LogP contribution in [0.4, 0.5) is 17.6 Å². The number of ether oxygens (including phenoxy) is 2. The van der Waals surface area contributed by atoms with Gasteiger partial charge in [0, 0.05) is 0 Å². The summed E-state index contributed by atoms with van der Waals surface area (Å²) in [5.41, 5.74) is -0.106. The lowest BCUT2D eigenvalue weighted by Gasteiger charge is -2.17. The maximum absolute atomic E-state index is 12.7. The smallest absolute Gasteiger partial charge is 0.341 e. The third kappa shape index (κ3) is 3.35. The molecule has 0 aliphatic heterocycles. The number of carbonyl (C=O) groups excluding carboxylic acids is 1. The van der Waals surface area contributed by atoms with Gasteiger partial charge in [-0.05, 0) is 12.1 Å². The molecule has 0 saturated heterocycles. The Labute approximate surface area is 100 Å². The minimum absolute atomic E-state index is 0.106. The second-order valence-corrected chi connectivity index (χ2v) is 3.34. The van der Waals surface area contributed by atoms with Gasteiger partial charge in [0.05, 0.1) is 7.11 Å². The minimum atomic E-state index is -4.27. The first-order valence-electron chi connectivity index (χ1n) is 4.84. The van der Waals surface area contributed by atoms with E-state index in [4.69, 9.17) is 0 Å². The summed E-state index contributed by atoms with van der Waals surface area (Å²) < 4.78 is 58.1. The average molecular weight is 266 g/mol. The normalized spacial score (nSPS) is 11.4. The number of carbonyl (C=O) groups is 1. The summed E-state index contributed by atoms with van der Waals surface area (Å²) in [6.45, 7) is -1.52. The highest BCUT2D eigenvalue weighted by Gasteiger charge is 2.41. The molecule has 1 aromatic carbocycles. The van der Waals surface area contributed by atoms with Gasteiger partial charge in [0.25, 0.3) is 0 Å². The number of methoxy groups -OCH3 is 1. The van der Waals surface area contributed by atoms with E-state index in [9.17, 15) is 22.4 Å². The zero-order chi connectivity index (χ0) is 13.8. The monoisotopic (exact) mass is 266 g/mol. The molecule has 1 rings (SSSR count). The Bertz CT molecular complexity index is 421. The van der Waals surface area contributed by atoms with Crippen molar-refractivity contribution in [3.05, 3.63) is 29.8 Å². The molecule has 0 amide bonds. The summed E-state index contributed by atoms with van der Waals surface area (Å²) >= 11 is 0. The topological polar surface area (TPSA) is 35.5 Å². The van der Waals surface area contributed by atoms with Crippen LogP contribution in [0, 0.1) is 0 Å². The van der Waals surface area contributed by atoms with Crippen LogP contribution in [-0.4, -0.2) is 32.0 Å². The molecular weight excluding hydrogens is 256 g/mol. The van der Waals surface area contributed by atoms with E-state index in [0.29, 0.717) is 0 Å². The number of benzene rings is 1. The van der Waals surface area contributed by atoms with Crippen LogP contribution >= 0.6 is 0 Å². The summed E-state index contributed by atoms with van der Waals surface area (Å²) in [4.78, 5) is 11.3. The first-order valence-corrected chi connectivity index (χ1v) is 4.84. The van der Waals surface area contributed by atoms with Gasteiger partial charge >= 0.3 is 18.3 Å². The predicted molar refractivity (Wildman–Crippen MR) is 54.2 cm³/mol. The van der Waals surface area contributed by atoms with E-state index < -0.39 is 24.9 Å². The molecule has 3 nitrogen and oxygen atoms in total. The van der Waals surface area contributed by atoms with Crippen molar-refractivity contribution in [3.63, 3.8) is 0 Å². The third-order valence-corrected chi connectivity index (χ3v) is 2.03. The zero-order valence-electron chi connectivity index (χ0n) is 9.33. The van der Waals surface area contributed by atoms with Gasteiger partial charge in [0.1, 0.15) is 11.3 Å². The first-order chi connectivity index (χ1) is 8.38. The fourth-order valence-corrected chi connectivity index (χ4v) is 1.11. The highest BCUT2D eigenvalue weighted by molar-refractivity contribution is 5.92. The molecule has 100 valence electrons. The quantitative estimate of drug-likeness (QED) is 0.607. The van der Waals surface area contributed by atoms with Crippen LogP contribution in [0.2, 0.25) is 0 Å². The van der Waals surface area contributed by atoms with Crippen molar-refractivity contribution in [3.8, 4) is 5.75 Å². The molecule has 0 aromatic heterocycles. The lowest BCUT2D eigenvalue weighted by Crippen LogP contribution is -2.34. The van der Waals surface area contributed by atoms with Crippen LogP contribution in [0.25, 0.3) is 0 Å². The molecule has 0 saturated carbocycles. The van der Waals surface area contributed by atoms with Gasteiger partial charge in [-0.2, -0.15) is 8.78 Å². The van der Waals surface area contributed by atoms with Crippen molar-refractivity contribution in [2.75, 3.05) is 13.7 Å². The van der Waals surface area contributed by atoms with E-state index in [1.54, 1.807) is 0 Å². The SMILES string of the molecule is COC(=O)c1ccccc1OCC(F)(F)C(F)F. The van der Waals surface area contributed by atoms with Gasteiger partial charge in [-0.25, -0.2) is 13.6 Å². The molecule has 0 unspecified atom stereocenters. The Balaban J connectivity index is 2.82. The Hall–Kier alpha value is -1.79. The van der Waals surface area contributed by atoms with Crippen molar-refractivity contribution in [1.82, 2.24) is 0 Å². The van der Waals surface area contributed by atoms with E-state index in [-0.39, 0.29) is 11.3 Å². The number of esters is 1. The summed E-state index contributed by atoms with van der Waals surface area (Å²) in [7, 11) is 1.10. The third-order valence-electron chi connectivity index (χ3n) is 2.03. The van der Waals surface area contributed by atoms with Crippen LogP contribution in [-0.2, 0) is 4.74 Å². The lowest BCUT2D eigenvalue weighted by atomic mass is 10.2. The molecule has 0 atom stereocenters. The Morgan fingerprint density at radius 2 is 1.94 bits per heavy atom. The highest BCUT2D eigenvalue weighted by atomic mass is 19.3. The minimum Gasteiger partial charge on any atom is -0.486 e. The molecule has 1 aromatic rings. The first kappa shape index (κ1) is 14.3. The van der Waals surface area contributed by atoms with Crippen molar-refractivity contribution in [2.24, 2.45) is 0 Å². The summed E-state index contributed by atoms with van der Waals surface area (Å²) in [5.74, 6) is -5.31. The Morgan fingerprint density at radius 3 is 2.50 bits per heavy atom. The van der Waals surface area contributed by atoms with E-state index in [0.717, 1.165) is 7.11 Å². The van der Waals surface area contributed by atoms with Gasteiger partial charge in [0.15, 0.2) is 6.61 Å². The van der Waals surface area contributed by atoms with Gasteiger partial charge in [-0.3, -0.25) is 0 Å². The molecule has 0 aliphatic rings. The fourth-order valence-electron chi connectivity index (χ4n) is 1.11. The van der Waals surface area contributed by atoms with E-state index >= 15 is 0 Å². The summed E-state index contributed by atoms with van der Waals surface area (Å²) in [6, 6.07) is 5.38. The number of alkyl halides is 4. The fraction of sp³-hybridized carbons (Fsp3) is 0.364. The molecule has 0 aliphatic carbocycles. The van der Waals surface area contributed by atoms with E-state index in [1.807, 2.05) is 0 Å². The maximum Gasteiger partial charge on any atom is 0.341 e. The molecule has 0 radical (unpaired) electrons. The molecule has 18 heavy (non-hydrogen) atoms.